The second-order valence-electron chi connectivity index (χ2n) is 5.21. The topological polar surface area (TPSA) is 70.0 Å². The van der Waals surface area contributed by atoms with Crippen molar-refractivity contribution in [3.8, 4) is 0 Å². The van der Waals surface area contributed by atoms with Gasteiger partial charge in [-0.05, 0) is 36.0 Å². The van der Waals surface area contributed by atoms with Crippen LogP contribution in [0.2, 0.25) is 0 Å². The number of hydrogen-bond acceptors (Lipinski definition) is 4. The molecule has 0 bridgehead atoms. The average Bonchev–Trinajstić information content (AvgIpc) is 2.85. The molecule has 5 nitrogen and oxygen atoms in total. The monoisotopic (exact) mass is 356 g/mol. The first-order valence-corrected chi connectivity index (χ1v) is 8.12. The third kappa shape index (κ3) is 3.46. The van der Waals surface area contributed by atoms with E-state index in [1.54, 1.807) is 43.4 Å². The first-order valence-electron chi connectivity index (χ1n) is 7.30. The lowest BCUT2D eigenvalue weighted by atomic mass is 10.2. The summed E-state index contributed by atoms with van der Waals surface area (Å²) in [5, 5.41) is 9.56. The van der Waals surface area contributed by atoms with Crippen molar-refractivity contribution in [3.63, 3.8) is 0 Å². The van der Waals surface area contributed by atoms with E-state index < -0.39 is 11.8 Å². The molecule has 1 aliphatic heterocycles. The first-order chi connectivity index (χ1) is 12.0. The Morgan fingerprint density at radius 1 is 1.20 bits per heavy atom. The fourth-order valence-electron chi connectivity index (χ4n) is 2.24. The van der Waals surface area contributed by atoms with E-state index in [0.717, 1.165) is 11.8 Å². The molecule has 25 heavy (non-hydrogen) atoms. The molecule has 0 atom stereocenters. The molecule has 0 radical (unpaired) electrons. The van der Waals surface area contributed by atoms with Gasteiger partial charge < -0.3 is 5.11 Å². The smallest absolute Gasteiger partial charge is 0.337 e. The Bertz CT molecular complexity index is 924. The minimum atomic E-state index is -1.10. The highest BCUT2D eigenvalue weighted by Gasteiger charge is 2.31. The molecule has 1 fully saturated rings. The average molecular weight is 356 g/mol. The van der Waals surface area contributed by atoms with Crippen molar-refractivity contribution in [1.29, 1.82) is 0 Å². The molecule has 1 aliphatic rings. The van der Waals surface area contributed by atoms with Crippen LogP contribution < -0.4 is 0 Å². The van der Waals surface area contributed by atoms with Gasteiger partial charge in [0.2, 0.25) is 0 Å². The highest BCUT2D eigenvalue weighted by atomic mass is 32.2. The van der Waals surface area contributed by atoms with Crippen molar-refractivity contribution < 1.29 is 19.1 Å². The number of para-hydroxylation sites is 1. The molecule has 0 saturated carbocycles. The number of rotatable bonds is 3. The Hall–Kier alpha value is -2.93. The van der Waals surface area contributed by atoms with E-state index in [1.807, 2.05) is 0 Å². The van der Waals surface area contributed by atoms with Crippen molar-refractivity contribution in [2.24, 2.45) is 4.99 Å². The second-order valence-corrected chi connectivity index (χ2v) is 6.22. The van der Waals surface area contributed by atoms with Gasteiger partial charge in [-0.15, -0.1) is 0 Å². The van der Waals surface area contributed by atoms with Crippen LogP contribution >= 0.6 is 11.8 Å². The zero-order valence-corrected chi connectivity index (χ0v) is 14.0. The maximum atomic E-state index is 13.8. The summed E-state index contributed by atoms with van der Waals surface area (Å²) in [6.07, 6.45) is 1.46. The van der Waals surface area contributed by atoms with Gasteiger partial charge >= 0.3 is 5.97 Å². The number of carboxylic acids is 1. The molecular weight excluding hydrogens is 343 g/mol. The quantitative estimate of drug-likeness (QED) is 0.850. The Labute approximate surface area is 147 Å². The summed E-state index contributed by atoms with van der Waals surface area (Å²) < 4.78 is 13.8. The van der Waals surface area contributed by atoms with Gasteiger partial charge in [0.25, 0.3) is 5.91 Å². The van der Waals surface area contributed by atoms with E-state index in [-0.39, 0.29) is 17.2 Å². The molecule has 1 N–H and O–H groups in total. The van der Waals surface area contributed by atoms with Crippen LogP contribution in [0.4, 0.5) is 10.1 Å². The molecule has 0 aliphatic carbocycles. The predicted molar refractivity (Wildman–Crippen MR) is 95.2 cm³/mol. The molecule has 1 amide bonds. The zero-order chi connectivity index (χ0) is 18.0. The van der Waals surface area contributed by atoms with Crippen molar-refractivity contribution in [2.75, 3.05) is 7.05 Å². The van der Waals surface area contributed by atoms with E-state index in [1.165, 1.54) is 23.1 Å². The third-order valence-electron chi connectivity index (χ3n) is 3.55. The Kier molecular flexibility index (Phi) is 4.67. The van der Waals surface area contributed by atoms with E-state index in [0.29, 0.717) is 15.6 Å². The van der Waals surface area contributed by atoms with Gasteiger partial charge in [-0.1, -0.05) is 30.3 Å². The van der Waals surface area contributed by atoms with E-state index in [9.17, 15) is 19.1 Å². The standard InChI is InChI=1S/C18H13FN2O3S/c1-21-16(22)15(10-11-6-2-4-8-13(11)19)25-18(21)20-14-9-5-3-7-12(14)17(23)24/h2-10H,1H3,(H,23,24)/b15-10-,20-18?. The van der Waals surface area contributed by atoms with Crippen LogP contribution in [0.25, 0.3) is 6.08 Å². The molecule has 1 saturated heterocycles. The number of thioether (sulfide) groups is 1. The van der Waals surface area contributed by atoms with Crippen molar-refractivity contribution in [3.05, 3.63) is 70.4 Å². The minimum absolute atomic E-state index is 0.0444. The number of carboxylic acid groups (broad SMARTS) is 1. The van der Waals surface area contributed by atoms with Gasteiger partial charge in [0.15, 0.2) is 5.17 Å². The predicted octanol–water partition coefficient (Wildman–Crippen LogP) is 3.76. The van der Waals surface area contributed by atoms with Crippen molar-refractivity contribution in [2.45, 2.75) is 0 Å². The zero-order valence-electron chi connectivity index (χ0n) is 13.1. The molecule has 2 aromatic carbocycles. The number of benzene rings is 2. The largest absolute Gasteiger partial charge is 0.478 e. The van der Waals surface area contributed by atoms with Crippen LogP contribution in [0.1, 0.15) is 15.9 Å². The summed E-state index contributed by atoms with van der Waals surface area (Å²) in [4.78, 5) is 29.6. The van der Waals surface area contributed by atoms with Gasteiger partial charge in [0.05, 0.1) is 16.2 Å². The summed E-state index contributed by atoms with van der Waals surface area (Å²) in [5.41, 5.74) is 0.603. The Morgan fingerprint density at radius 2 is 1.88 bits per heavy atom. The number of aromatic carboxylic acids is 1. The van der Waals surface area contributed by atoms with E-state index in [2.05, 4.69) is 4.99 Å². The van der Waals surface area contributed by atoms with Gasteiger partial charge in [0, 0.05) is 12.6 Å². The van der Waals surface area contributed by atoms with Crippen LogP contribution in [-0.4, -0.2) is 34.1 Å². The lowest BCUT2D eigenvalue weighted by Gasteiger charge is -2.08. The molecule has 0 unspecified atom stereocenters. The fraction of sp³-hybridized carbons (Fsp3) is 0.0556. The molecule has 1 heterocycles. The van der Waals surface area contributed by atoms with Crippen LogP contribution in [0, 0.1) is 5.82 Å². The van der Waals surface area contributed by atoms with Gasteiger partial charge in [-0.2, -0.15) is 0 Å². The number of carbonyl (C=O) groups is 2. The minimum Gasteiger partial charge on any atom is -0.478 e. The molecule has 0 aromatic heterocycles. The van der Waals surface area contributed by atoms with Gasteiger partial charge in [-0.3, -0.25) is 9.69 Å². The van der Waals surface area contributed by atoms with Crippen LogP contribution in [0.5, 0.6) is 0 Å². The van der Waals surface area contributed by atoms with Crippen LogP contribution in [0.3, 0.4) is 0 Å². The number of carbonyl (C=O) groups excluding carboxylic acids is 1. The van der Waals surface area contributed by atoms with Crippen LogP contribution in [0.15, 0.2) is 58.4 Å². The summed E-state index contributed by atoms with van der Waals surface area (Å²) in [7, 11) is 1.54. The molecule has 3 rings (SSSR count). The normalized spacial score (nSPS) is 17.5. The highest BCUT2D eigenvalue weighted by molar-refractivity contribution is 8.18. The molecule has 7 heteroatoms. The first kappa shape index (κ1) is 16.9. The summed E-state index contributed by atoms with van der Waals surface area (Å²) in [6.45, 7) is 0. The highest BCUT2D eigenvalue weighted by Crippen LogP contribution is 2.34. The second kappa shape index (κ2) is 6.90. The molecule has 0 spiro atoms. The van der Waals surface area contributed by atoms with E-state index in [4.69, 9.17) is 0 Å². The molecule has 2 aromatic rings. The van der Waals surface area contributed by atoms with Crippen LogP contribution in [-0.2, 0) is 4.79 Å². The number of nitrogens with zero attached hydrogens (tertiary/aromatic N) is 2. The summed E-state index contributed by atoms with van der Waals surface area (Å²) >= 11 is 1.07. The lowest BCUT2D eigenvalue weighted by Crippen LogP contribution is -2.23. The maximum Gasteiger partial charge on any atom is 0.337 e. The van der Waals surface area contributed by atoms with Crippen molar-refractivity contribution >= 4 is 40.6 Å². The molecular formula is C18H13FN2O3S. The number of amides is 1. The SMILES string of the molecule is CN1C(=O)/C(=C/c2ccccc2F)SC1=Nc1ccccc1C(=O)O. The van der Waals surface area contributed by atoms with Gasteiger partial charge in [-0.25, -0.2) is 14.2 Å². The Balaban J connectivity index is 1.97. The lowest BCUT2D eigenvalue weighted by molar-refractivity contribution is -0.121. The number of likely N-dealkylation sites (N-methyl/N-ethyl adjacent to an activating group) is 1. The number of amidine groups is 1. The van der Waals surface area contributed by atoms with Gasteiger partial charge in [0.1, 0.15) is 5.82 Å². The fourth-order valence-corrected chi connectivity index (χ4v) is 3.21. The summed E-state index contributed by atoms with van der Waals surface area (Å²) in [6, 6.07) is 12.4. The maximum absolute atomic E-state index is 13.8. The van der Waals surface area contributed by atoms with Crippen molar-refractivity contribution in [1.82, 2.24) is 4.90 Å². The number of hydrogen-bond donors (Lipinski definition) is 1. The summed E-state index contributed by atoms with van der Waals surface area (Å²) in [5.74, 6) is -1.84. The Morgan fingerprint density at radius 3 is 2.60 bits per heavy atom. The molecule has 126 valence electrons. The number of halogens is 1. The third-order valence-corrected chi connectivity index (χ3v) is 4.61. The van der Waals surface area contributed by atoms with E-state index >= 15 is 0 Å². The number of aliphatic imine (C=N–C) groups is 1.